The van der Waals surface area contributed by atoms with E-state index in [-0.39, 0.29) is 45.8 Å². The molecule has 5 aliphatic rings. The minimum Gasteiger partial charge on any atom is -0.508 e. The summed E-state index contributed by atoms with van der Waals surface area (Å²) in [4.78, 5) is 55.7. The Morgan fingerprint density at radius 3 is 2.60 bits per heavy atom. The zero-order chi connectivity index (χ0) is 29.4. The monoisotopic (exact) mass is 627 g/mol. The number of carbonyl (C=O) groups excluding carboxylic acids is 4. The summed E-state index contributed by atoms with van der Waals surface area (Å²) in [5.74, 6) is -3.42. The lowest BCUT2D eigenvalue weighted by Gasteiger charge is -2.43. The third kappa shape index (κ3) is 3.99. The minimum atomic E-state index is -1.77. The average molecular weight is 628 g/mol. The number of fused-ring (bicyclic) bond motifs is 4. The van der Waals surface area contributed by atoms with Gasteiger partial charge in [0.05, 0.1) is 28.3 Å². The van der Waals surface area contributed by atoms with Gasteiger partial charge in [-0.05, 0) is 76.1 Å². The van der Waals surface area contributed by atoms with Crippen LogP contribution < -0.4 is 15.1 Å². The highest BCUT2D eigenvalue weighted by molar-refractivity contribution is 9.12. The number of Topliss-reactive ketones (excluding diaryl/α,β-unsaturated/α-hetero) is 1. The normalized spacial score (nSPS) is 26.5. The molecule has 3 N–H and O–H groups in total. The van der Waals surface area contributed by atoms with Crippen molar-refractivity contribution in [1.82, 2.24) is 0 Å². The van der Waals surface area contributed by atoms with Crippen molar-refractivity contribution in [2.75, 3.05) is 4.90 Å². The van der Waals surface area contributed by atoms with E-state index >= 15 is 0 Å². The first-order valence-corrected chi connectivity index (χ1v) is 14.3. The molecule has 1 fully saturated rings. The molecule has 210 valence electrons. The molecule has 0 aromatic heterocycles. The van der Waals surface area contributed by atoms with Crippen LogP contribution in [0.5, 0.6) is 11.5 Å². The van der Waals surface area contributed by atoms with Crippen LogP contribution in [0.25, 0.3) is 0 Å². The lowest BCUT2D eigenvalue weighted by atomic mass is 9.59. The number of anilines is 1. The highest BCUT2D eigenvalue weighted by Crippen LogP contribution is 2.55. The molecule has 0 radical (unpaired) electrons. The lowest BCUT2D eigenvalue weighted by molar-refractivity contribution is -0.123. The molecule has 2 amide bonds. The van der Waals surface area contributed by atoms with Crippen LogP contribution in [0.2, 0.25) is 0 Å². The maximum absolute atomic E-state index is 14.0. The number of ether oxygens (including phenoxy) is 1. The van der Waals surface area contributed by atoms with Gasteiger partial charge in [0.2, 0.25) is 11.8 Å². The molecule has 9 nitrogen and oxygen atoms in total. The number of rotatable bonds is 3. The molecule has 1 saturated heterocycles. The predicted molar refractivity (Wildman–Crippen MR) is 155 cm³/mol. The molecule has 0 bridgehead atoms. The quantitative estimate of drug-likeness (QED) is 0.204. The second-order valence-corrected chi connectivity index (χ2v) is 12.0. The summed E-state index contributed by atoms with van der Waals surface area (Å²) >= 11 is 3.23. The van der Waals surface area contributed by atoms with Crippen LogP contribution in [0, 0.1) is 23.7 Å². The molecule has 2 heterocycles. The van der Waals surface area contributed by atoms with Crippen LogP contribution >= 0.6 is 15.9 Å². The highest BCUT2D eigenvalue weighted by atomic mass is 79.9. The predicted octanol–water partition coefficient (Wildman–Crippen LogP) is 2.39. The maximum Gasteiger partial charge on any atom is 0.488 e. The molecule has 0 saturated carbocycles. The van der Waals surface area contributed by atoms with Crippen molar-refractivity contribution in [3.63, 3.8) is 0 Å². The molecular formula is C31H23BBrNO8. The van der Waals surface area contributed by atoms with Crippen molar-refractivity contribution in [3.05, 3.63) is 93.2 Å². The summed E-state index contributed by atoms with van der Waals surface area (Å²) in [6, 6.07) is 10.8. The Bertz CT molecular complexity index is 1750. The van der Waals surface area contributed by atoms with Gasteiger partial charge in [-0.15, -0.1) is 0 Å². The fourth-order valence-corrected chi connectivity index (χ4v) is 7.54. The van der Waals surface area contributed by atoms with E-state index in [0.29, 0.717) is 28.9 Å². The summed E-state index contributed by atoms with van der Waals surface area (Å²) in [6.45, 7) is 0. The van der Waals surface area contributed by atoms with Crippen LogP contribution in [-0.4, -0.2) is 45.7 Å². The lowest BCUT2D eigenvalue weighted by Crippen LogP contribution is -2.41. The van der Waals surface area contributed by atoms with Gasteiger partial charge in [0.15, 0.2) is 11.6 Å². The molecule has 4 unspecified atom stereocenters. The molecular weight excluding hydrogens is 605 g/mol. The van der Waals surface area contributed by atoms with Gasteiger partial charge in [0.25, 0.3) is 0 Å². The van der Waals surface area contributed by atoms with Gasteiger partial charge in [0.1, 0.15) is 11.5 Å². The topological polar surface area (TPSA) is 141 Å². The van der Waals surface area contributed by atoms with Crippen LogP contribution in [-0.2, 0) is 25.6 Å². The summed E-state index contributed by atoms with van der Waals surface area (Å²) in [5.41, 5.74) is 3.28. The Hall–Kier alpha value is -4.06. The van der Waals surface area contributed by atoms with E-state index in [1.165, 1.54) is 24.3 Å². The Morgan fingerprint density at radius 1 is 1.00 bits per heavy atom. The second-order valence-electron chi connectivity index (χ2n) is 11.2. The van der Waals surface area contributed by atoms with Crippen molar-refractivity contribution in [3.8, 4) is 11.5 Å². The zero-order valence-corrected chi connectivity index (χ0v) is 23.6. The fourth-order valence-electron chi connectivity index (χ4n) is 7.10. The SMILES string of the molecule is O=C1C=C(Br)C(=O)C2=C1C(C1=COc3ccc(O)cc3C1)C1=CCC3C(=O)N(c4cccc(B(O)O)c4)C(=O)C3C1C2. The van der Waals surface area contributed by atoms with E-state index in [4.69, 9.17) is 4.74 Å². The van der Waals surface area contributed by atoms with Crippen molar-refractivity contribution >= 4 is 57.6 Å². The summed E-state index contributed by atoms with van der Waals surface area (Å²) in [5, 5.41) is 29.4. The van der Waals surface area contributed by atoms with Gasteiger partial charge in [0, 0.05) is 35.1 Å². The number of halogens is 1. The van der Waals surface area contributed by atoms with Crippen molar-refractivity contribution in [2.24, 2.45) is 23.7 Å². The number of aromatic hydroxyl groups is 1. The standard InChI is InChI=1S/C31H23BBrNO8/c33-23-12-24(36)28-22(29(23)37)11-21-19(26(28)15-8-14-9-18(35)4-7-25(14)42-13-15)5-6-20-27(21)31(39)34(30(20)38)17-3-1-2-16(10-17)32(40)41/h1-5,7,9-10,12-13,20-21,26-27,35,40-41H,6,8,11H2. The number of ketones is 2. The summed E-state index contributed by atoms with van der Waals surface area (Å²) < 4.78 is 6.05. The molecule has 11 heteroatoms. The third-order valence-corrected chi connectivity index (χ3v) is 9.49. The number of imide groups is 1. The smallest absolute Gasteiger partial charge is 0.488 e. The first kappa shape index (κ1) is 26.8. The molecule has 42 heavy (non-hydrogen) atoms. The highest BCUT2D eigenvalue weighted by Gasteiger charge is 2.57. The van der Waals surface area contributed by atoms with Gasteiger partial charge in [-0.3, -0.25) is 24.1 Å². The molecule has 4 atom stereocenters. The van der Waals surface area contributed by atoms with Gasteiger partial charge < -0.3 is 19.9 Å². The Balaban J connectivity index is 1.32. The van der Waals surface area contributed by atoms with E-state index < -0.39 is 42.6 Å². The Kier molecular flexibility index (Phi) is 6.23. The number of phenols is 1. The molecule has 2 aromatic carbocycles. The Morgan fingerprint density at radius 2 is 1.81 bits per heavy atom. The van der Waals surface area contributed by atoms with Crippen LogP contribution in [0.1, 0.15) is 18.4 Å². The zero-order valence-electron chi connectivity index (χ0n) is 22.0. The molecule has 7 rings (SSSR count). The van der Waals surface area contributed by atoms with Gasteiger partial charge in [-0.1, -0.05) is 23.8 Å². The first-order chi connectivity index (χ1) is 20.1. The number of phenolic OH excluding ortho intramolecular Hbond substituents is 1. The first-order valence-electron chi connectivity index (χ1n) is 13.5. The summed E-state index contributed by atoms with van der Waals surface area (Å²) in [6.07, 6.45) is 5.53. The van der Waals surface area contributed by atoms with Gasteiger partial charge in [-0.25, -0.2) is 0 Å². The number of benzene rings is 2. The number of amides is 2. The molecule has 0 spiro atoms. The van der Waals surface area contributed by atoms with Crippen molar-refractivity contribution in [1.29, 1.82) is 0 Å². The van der Waals surface area contributed by atoms with E-state index in [1.54, 1.807) is 30.5 Å². The summed E-state index contributed by atoms with van der Waals surface area (Å²) in [7, 11) is -1.77. The van der Waals surface area contributed by atoms with E-state index in [0.717, 1.165) is 16.0 Å². The van der Waals surface area contributed by atoms with Crippen LogP contribution in [0.4, 0.5) is 5.69 Å². The molecule has 2 aromatic rings. The average Bonchev–Trinajstić information content (AvgIpc) is 3.23. The van der Waals surface area contributed by atoms with E-state index in [2.05, 4.69) is 15.9 Å². The van der Waals surface area contributed by atoms with E-state index in [9.17, 15) is 34.3 Å². The van der Waals surface area contributed by atoms with E-state index in [1.807, 2.05) is 6.08 Å². The second kappa shape index (κ2) is 9.76. The van der Waals surface area contributed by atoms with Gasteiger partial charge >= 0.3 is 7.12 Å². The maximum atomic E-state index is 14.0. The van der Waals surface area contributed by atoms with Crippen LogP contribution in [0.3, 0.4) is 0 Å². The third-order valence-electron chi connectivity index (χ3n) is 8.90. The molecule has 3 aliphatic carbocycles. The van der Waals surface area contributed by atoms with Crippen molar-refractivity contribution in [2.45, 2.75) is 19.3 Å². The van der Waals surface area contributed by atoms with Crippen LogP contribution in [0.15, 0.2) is 87.7 Å². The number of nitrogens with zero attached hydrogens (tertiary/aromatic N) is 1. The minimum absolute atomic E-state index is 0.0727. The molecule has 2 aliphatic heterocycles. The fraction of sp³-hybridized carbons (Fsp3) is 0.226. The van der Waals surface area contributed by atoms with Crippen molar-refractivity contribution < 1.29 is 39.1 Å². The Labute approximate surface area is 248 Å². The number of carbonyl (C=O) groups is 4. The number of allylic oxidation sites excluding steroid dienone is 7. The number of hydrogen-bond donors (Lipinski definition) is 3. The number of hydrogen-bond acceptors (Lipinski definition) is 8. The largest absolute Gasteiger partial charge is 0.508 e. The van der Waals surface area contributed by atoms with Gasteiger partial charge in [-0.2, -0.15) is 0 Å².